The lowest BCUT2D eigenvalue weighted by molar-refractivity contribution is 0.0493. The zero-order chi connectivity index (χ0) is 11.9. The second-order valence-corrected chi connectivity index (χ2v) is 4.98. The molecular formula is C10H5BrF3IO. The average molecular weight is 405 g/mol. The van der Waals surface area contributed by atoms with Gasteiger partial charge >= 0.3 is 0 Å². The molecule has 0 saturated carbocycles. The van der Waals surface area contributed by atoms with Crippen molar-refractivity contribution in [2.24, 2.45) is 0 Å². The molecule has 0 fully saturated rings. The fourth-order valence-corrected chi connectivity index (χ4v) is 2.71. The summed E-state index contributed by atoms with van der Waals surface area (Å²) in [6.45, 7) is 0. The summed E-state index contributed by atoms with van der Waals surface area (Å²) in [5, 5.41) is 0.381. The van der Waals surface area contributed by atoms with Gasteiger partial charge in [0, 0.05) is 28.0 Å². The predicted molar refractivity (Wildman–Crippen MR) is 66.5 cm³/mol. The van der Waals surface area contributed by atoms with Crippen molar-refractivity contribution in [3.8, 4) is 0 Å². The average Bonchev–Trinajstić information content (AvgIpc) is 2.55. The molecule has 0 amide bonds. The van der Waals surface area contributed by atoms with Crippen LogP contribution in [0.1, 0.15) is 11.7 Å². The first-order valence-electron chi connectivity index (χ1n) is 4.31. The number of furan rings is 1. The van der Waals surface area contributed by atoms with Gasteiger partial charge < -0.3 is 4.42 Å². The lowest BCUT2D eigenvalue weighted by Gasteiger charge is -2.05. The summed E-state index contributed by atoms with van der Waals surface area (Å²) in [4.78, 5) is 0. The number of hydrogen-bond donors (Lipinski definition) is 0. The van der Waals surface area contributed by atoms with E-state index in [2.05, 4.69) is 15.9 Å². The highest BCUT2D eigenvalue weighted by Gasteiger charge is 2.29. The monoisotopic (exact) mass is 404 g/mol. The third-order valence-corrected chi connectivity index (χ3v) is 3.58. The quantitative estimate of drug-likeness (QED) is 0.636. The Balaban J connectivity index is 2.70. The molecule has 16 heavy (non-hydrogen) atoms. The van der Waals surface area contributed by atoms with Crippen LogP contribution in [0.25, 0.3) is 11.0 Å². The lowest BCUT2D eigenvalue weighted by Crippen LogP contribution is -2.03. The first kappa shape index (κ1) is 12.2. The molecule has 2 aromatic rings. The molecule has 0 bridgehead atoms. The number of alkyl halides is 3. The summed E-state index contributed by atoms with van der Waals surface area (Å²) >= 11 is 4.94. The van der Waals surface area contributed by atoms with E-state index in [9.17, 15) is 13.2 Å². The zero-order valence-corrected chi connectivity index (χ0v) is 11.4. The molecule has 1 heterocycles. The van der Waals surface area contributed by atoms with Crippen molar-refractivity contribution >= 4 is 49.5 Å². The van der Waals surface area contributed by atoms with E-state index in [-0.39, 0.29) is 9.33 Å². The van der Waals surface area contributed by atoms with E-state index in [0.29, 0.717) is 15.4 Å². The van der Waals surface area contributed by atoms with Crippen LogP contribution in [-0.2, 0) is 0 Å². The summed E-state index contributed by atoms with van der Waals surface area (Å²) in [6.07, 6.45) is -5.37. The van der Waals surface area contributed by atoms with E-state index in [1.54, 1.807) is 40.8 Å². The van der Waals surface area contributed by atoms with Gasteiger partial charge in [-0.2, -0.15) is 0 Å². The van der Waals surface area contributed by atoms with Gasteiger partial charge in [-0.15, -0.1) is 0 Å². The number of rotatable bonds is 2. The predicted octanol–water partition coefficient (Wildman–Crippen LogP) is 5.08. The molecular weight excluding hydrogens is 400 g/mol. The second kappa shape index (κ2) is 4.56. The van der Waals surface area contributed by atoms with Crippen LogP contribution in [0.5, 0.6) is 0 Å². The Morgan fingerprint density at radius 1 is 1.25 bits per heavy atom. The smallest absolute Gasteiger partial charge is 0.273 e. The van der Waals surface area contributed by atoms with Gasteiger partial charge in [-0.3, -0.25) is 0 Å². The Hall–Kier alpha value is -0.240. The number of benzene rings is 1. The Labute approximate surface area is 111 Å². The van der Waals surface area contributed by atoms with Gasteiger partial charge in [0.1, 0.15) is 5.58 Å². The van der Waals surface area contributed by atoms with E-state index >= 15 is 0 Å². The van der Waals surface area contributed by atoms with Crippen LogP contribution in [-0.4, -0.2) is 6.43 Å². The fraction of sp³-hybridized carbons (Fsp3) is 0.200. The maximum atomic E-state index is 13.4. The Kier molecular flexibility index (Phi) is 3.48. The van der Waals surface area contributed by atoms with Crippen molar-refractivity contribution in [2.75, 3.05) is 0 Å². The minimum atomic E-state index is -3.05. The molecule has 0 saturated heterocycles. The molecule has 0 aliphatic carbocycles. The molecule has 1 aromatic heterocycles. The van der Waals surface area contributed by atoms with Crippen molar-refractivity contribution in [3.63, 3.8) is 0 Å². The lowest BCUT2D eigenvalue weighted by atomic mass is 10.1. The van der Waals surface area contributed by atoms with Gasteiger partial charge in [0.05, 0.1) is 10.0 Å². The summed E-state index contributed by atoms with van der Waals surface area (Å²) in [6, 6.07) is 4.93. The van der Waals surface area contributed by atoms with Crippen LogP contribution in [0.2, 0.25) is 0 Å². The summed E-state index contributed by atoms with van der Waals surface area (Å²) in [7, 11) is 0. The molecule has 6 heteroatoms. The van der Waals surface area contributed by atoms with Crippen LogP contribution < -0.4 is 0 Å². The minimum Gasteiger partial charge on any atom is -0.449 e. The van der Waals surface area contributed by atoms with Crippen molar-refractivity contribution in [1.29, 1.82) is 0 Å². The fourth-order valence-electron chi connectivity index (χ4n) is 1.46. The van der Waals surface area contributed by atoms with Crippen molar-refractivity contribution in [2.45, 2.75) is 12.6 Å². The van der Waals surface area contributed by atoms with E-state index in [1.165, 1.54) is 0 Å². The summed E-state index contributed by atoms with van der Waals surface area (Å²) in [5.41, 5.74) is 0.317. The van der Waals surface area contributed by atoms with Crippen LogP contribution >= 0.6 is 38.5 Å². The summed E-state index contributed by atoms with van der Waals surface area (Å²) < 4.78 is 44.2. The second-order valence-electron chi connectivity index (χ2n) is 3.14. The molecule has 86 valence electrons. The van der Waals surface area contributed by atoms with Gasteiger partial charge in [-0.05, 0) is 22.0 Å². The molecule has 0 aliphatic heterocycles. The van der Waals surface area contributed by atoms with Crippen LogP contribution in [0.3, 0.4) is 0 Å². The first-order valence-corrected chi connectivity index (χ1v) is 6.18. The van der Waals surface area contributed by atoms with Gasteiger partial charge in [0.2, 0.25) is 0 Å². The SMILES string of the molecule is FC(F)C(F)c1c(I)oc2c(Br)cccc12. The molecule has 1 atom stereocenters. The third-order valence-electron chi connectivity index (χ3n) is 2.16. The molecule has 1 unspecified atom stereocenters. The van der Waals surface area contributed by atoms with Gasteiger partial charge in [0.15, 0.2) is 9.94 Å². The molecule has 1 aromatic carbocycles. The molecule has 0 aliphatic rings. The number of para-hydroxylation sites is 1. The topological polar surface area (TPSA) is 13.1 Å². The Morgan fingerprint density at radius 2 is 1.94 bits per heavy atom. The van der Waals surface area contributed by atoms with Crippen LogP contribution in [0.15, 0.2) is 27.1 Å². The van der Waals surface area contributed by atoms with E-state index < -0.39 is 12.6 Å². The number of halogens is 5. The summed E-state index contributed by atoms with van der Waals surface area (Å²) in [5.74, 6) is 0. The van der Waals surface area contributed by atoms with Crippen LogP contribution in [0, 0.1) is 3.77 Å². The highest BCUT2D eigenvalue weighted by Crippen LogP contribution is 2.39. The highest BCUT2D eigenvalue weighted by atomic mass is 127. The zero-order valence-electron chi connectivity index (χ0n) is 7.68. The molecule has 2 rings (SSSR count). The van der Waals surface area contributed by atoms with Gasteiger partial charge in [-0.25, -0.2) is 13.2 Å². The maximum absolute atomic E-state index is 13.4. The number of fused-ring (bicyclic) bond motifs is 1. The molecule has 0 radical (unpaired) electrons. The van der Waals surface area contributed by atoms with Crippen molar-refractivity contribution in [3.05, 3.63) is 32.0 Å². The molecule has 0 spiro atoms. The number of hydrogen-bond acceptors (Lipinski definition) is 1. The van der Waals surface area contributed by atoms with E-state index in [1.807, 2.05) is 0 Å². The highest BCUT2D eigenvalue weighted by molar-refractivity contribution is 14.1. The first-order chi connectivity index (χ1) is 7.52. The minimum absolute atomic E-state index is 0.0769. The molecule has 0 N–H and O–H groups in total. The largest absolute Gasteiger partial charge is 0.449 e. The van der Waals surface area contributed by atoms with E-state index in [4.69, 9.17) is 4.42 Å². The standard InChI is InChI=1S/C10H5BrF3IO/c11-5-3-1-2-4-6(7(12)9(13)14)10(15)16-8(4)5/h1-3,7,9H. The Bertz CT molecular complexity index is 526. The molecule has 1 nitrogen and oxygen atoms in total. The maximum Gasteiger partial charge on any atom is 0.273 e. The normalized spacial score (nSPS) is 13.6. The van der Waals surface area contributed by atoms with E-state index in [0.717, 1.165) is 0 Å². The van der Waals surface area contributed by atoms with Crippen molar-refractivity contribution < 1.29 is 17.6 Å². The van der Waals surface area contributed by atoms with Crippen molar-refractivity contribution in [1.82, 2.24) is 0 Å². The Morgan fingerprint density at radius 3 is 2.56 bits per heavy atom. The van der Waals surface area contributed by atoms with Gasteiger partial charge in [0.25, 0.3) is 6.43 Å². The van der Waals surface area contributed by atoms with Gasteiger partial charge in [-0.1, -0.05) is 12.1 Å². The van der Waals surface area contributed by atoms with Crippen LogP contribution in [0.4, 0.5) is 13.2 Å². The third kappa shape index (κ3) is 1.97.